The topological polar surface area (TPSA) is 38.0 Å². The molecule has 2 atom stereocenters. The Balaban J connectivity index is 3.17. The van der Waals surface area contributed by atoms with Crippen molar-refractivity contribution in [2.45, 2.75) is 19.5 Å². The average molecular weight is 134 g/mol. The van der Waals surface area contributed by atoms with Crippen molar-refractivity contribution in [1.29, 1.82) is 0 Å². The normalized spacial score (nSPS) is 14.6. The molecule has 0 saturated carbocycles. The van der Waals surface area contributed by atoms with Crippen molar-refractivity contribution in [3.8, 4) is 0 Å². The van der Waals surface area contributed by atoms with Gasteiger partial charge in [-0.3, -0.25) is 11.3 Å². The average Bonchev–Trinajstić information content (AvgIpc) is 1.67. The smallest absolute Gasteiger partial charge is 0.0163 e. The lowest BCUT2D eigenvalue weighted by Gasteiger charge is -2.13. The summed E-state index contributed by atoms with van der Waals surface area (Å²) in [6.45, 7) is 5.23. The van der Waals surface area contributed by atoms with Gasteiger partial charge in [0.25, 0.3) is 0 Å². The van der Waals surface area contributed by atoms with Gasteiger partial charge in [0, 0.05) is 6.54 Å². The van der Waals surface area contributed by atoms with Gasteiger partial charge in [0.2, 0.25) is 0 Å². The first-order valence-electron chi connectivity index (χ1n) is 2.87. The monoisotopic (exact) mass is 134 g/mol. The maximum atomic E-state index is 5.10. The predicted molar refractivity (Wildman–Crippen MR) is 40.5 cm³/mol. The number of hydrogen-bond donors (Lipinski definition) is 2. The van der Waals surface area contributed by atoms with Crippen molar-refractivity contribution >= 4 is 9.24 Å². The third-order valence-electron chi connectivity index (χ3n) is 1.21. The van der Waals surface area contributed by atoms with E-state index in [9.17, 15) is 0 Å². The third-order valence-corrected chi connectivity index (χ3v) is 2.22. The number of hydrazine groups is 1. The Morgan fingerprint density at radius 3 is 2.25 bits per heavy atom. The second kappa shape index (κ2) is 4.25. The molecule has 0 aliphatic carbocycles. The van der Waals surface area contributed by atoms with Crippen LogP contribution in [0.5, 0.6) is 0 Å². The molecule has 3 N–H and O–H groups in total. The summed E-state index contributed by atoms with van der Waals surface area (Å²) in [5, 5.41) is 0. The van der Waals surface area contributed by atoms with E-state index in [1.807, 2.05) is 0 Å². The van der Waals surface area contributed by atoms with E-state index in [-0.39, 0.29) is 0 Å². The highest BCUT2D eigenvalue weighted by atomic mass is 31.0. The van der Waals surface area contributed by atoms with Gasteiger partial charge in [0.05, 0.1) is 0 Å². The first kappa shape index (κ1) is 8.35. The molecule has 0 bridgehead atoms. The SMILES string of the molecule is CC(C)C(P)CNN. The van der Waals surface area contributed by atoms with Gasteiger partial charge < -0.3 is 0 Å². The zero-order valence-corrected chi connectivity index (χ0v) is 6.67. The van der Waals surface area contributed by atoms with Crippen LogP contribution < -0.4 is 11.3 Å². The molecule has 0 aromatic carbocycles. The van der Waals surface area contributed by atoms with Crippen LogP contribution in [0.25, 0.3) is 0 Å². The lowest BCUT2D eigenvalue weighted by atomic mass is 10.1. The van der Waals surface area contributed by atoms with Crippen LogP contribution in [0.15, 0.2) is 0 Å². The van der Waals surface area contributed by atoms with Crippen LogP contribution >= 0.6 is 9.24 Å². The van der Waals surface area contributed by atoms with E-state index in [2.05, 4.69) is 28.5 Å². The van der Waals surface area contributed by atoms with Gasteiger partial charge in [-0.2, -0.15) is 0 Å². The summed E-state index contributed by atoms with van der Waals surface area (Å²) in [5.74, 6) is 5.79. The highest BCUT2D eigenvalue weighted by molar-refractivity contribution is 7.17. The van der Waals surface area contributed by atoms with Crippen LogP contribution in [0.4, 0.5) is 0 Å². The van der Waals surface area contributed by atoms with Crippen LogP contribution in [0, 0.1) is 5.92 Å². The van der Waals surface area contributed by atoms with Gasteiger partial charge in [-0.1, -0.05) is 13.8 Å². The van der Waals surface area contributed by atoms with E-state index in [4.69, 9.17) is 5.84 Å². The Bertz CT molecular complexity index is 56.4. The lowest BCUT2D eigenvalue weighted by molar-refractivity contribution is 0.563. The summed E-state index contributed by atoms with van der Waals surface area (Å²) in [4.78, 5) is 0. The Kier molecular flexibility index (Phi) is 4.44. The molecule has 0 aliphatic heterocycles. The second-order valence-electron chi connectivity index (χ2n) is 2.32. The van der Waals surface area contributed by atoms with Crippen LogP contribution in [0.1, 0.15) is 13.8 Å². The Morgan fingerprint density at radius 2 is 2.12 bits per heavy atom. The minimum absolute atomic E-state index is 0.597. The molecule has 0 radical (unpaired) electrons. The summed E-state index contributed by atoms with van der Waals surface area (Å²) in [6, 6.07) is 0. The highest BCUT2D eigenvalue weighted by Crippen LogP contribution is 2.09. The van der Waals surface area contributed by atoms with Crippen molar-refractivity contribution in [3.63, 3.8) is 0 Å². The van der Waals surface area contributed by atoms with Gasteiger partial charge in [-0.05, 0) is 11.6 Å². The number of nitrogens with one attached hydrogen (secondary N) is 1. The molecule has 2 unspecified atom stereocenters. The predicted octanol–water partition coefficient (Wildman–Crippen LogP) is 0.349. The van der Waals surface area contributed by atoms with Crippen molar-refractivity contribution < 1.29 is 0 Å². The molecule has 0 saturated heterocycles. The molecule has 0 amide bonds. The third kappa shape index (κ3) is 3.36. The van der Waals surface area contributed by atoms with Crippen LogP contribution in [-0.4, -0.2) is 12.2 Å². The van der Waals surface area contributed by atoms with E-state index in [1.165, 1.54) is 0 Å². The molecule has 0 heterocycles. The molecule has 0 spiro atoms. The maximum Gasteiger partial charge on any atom is 0.0163 e. The Hall–Kier alpha value is 0.350. The number of hydrogen-bond acceptors (Lipinski definition) is 2. The Labute approximate surface area is 53.4 Å². The van der Waals surface area contributed by atoms with Crippen molar-refractivity contribution in [1.82, 2.24) is 5.43 Å². The van der Waals surface area contributed by atoms with E-state index < -0.39 is 0 Å². The fourth-order valence-electron chi connectivity index (χ4n) is 0.372. The minimum Gasteiger partial charge on any atom is -0.271 e. The standard InChI is InChI=1S/C5H15N2P/c1-4(2)5(8)3-7-6/h4-5,7H,3,6,8H2,1-2H3. The zero-order chi connectivity index (χ0) is 6.57. The summed E-state index contributed by atoms with van der Waals surface area (Å²) in [7, 11) is 2.75. The van der Waals surface area contributed by atoms with Crippen molar-refractivity contribution in [3.05, 3.63) is 0 Å². The molecule has 0 aromatic heterocycles. The van der Waals surface area contributed by atoms with Crippen LogP contribution in [-0.2, 0) is 0 Å². The summed E-state index contributed by atoms with van der Waals surface area (Å²) in [5.41, 5.74) is 3.23. The van der Waals surface area contributed by atoms with Gasteiger partial charge in [0.1, 0.15) is 0 Å². The maximum absolute atomic E-state index is 5.10. The number of nitrogens with two attached hydrogens (primary N) is 1. The van der Waals surface area contributed by atoms with Crippen LogP contribution in [0.2, 0.25) is 0 Å². The molecule has 0 aromatic rings. The summed E-state index contributed by atoms with van der Waals surface area (Å²) in [6.07, 6.45) is 0. The first-order chi connectivity index (χ1) is 3.68. The Morgan fingerprint density at radius 1 is 1.62 bits per heavy atom. The highest BCUT2D eigenvalue weighted by Gasteiger charge is 2.03. The quantitative estimate of drug-likeness (QED) is 0.332. The number of rotatable bonds is 3. The van der Waals surface area contributed by atoms with E-state index in [0.717, 1.165) is 6.54 Å². The van der Waals surface area contributed by atoms with Gasteiger partial charge in [-0.25, -0.2) is 0 Å². The van der Waals surface area contributed by atoms with E-state index in [0.29, 0.717) is 11.6 Å². The van der Waals surface area contributed by atoms with Crippen molar-refractivity contribution in [2.24, 2.45) is 11.8 Å². The molecule has 50 valence electrons. The van der Waals surface area contributed by atoms with Crippen molar-refractivity contribution in [2.75, 3.05) is 6.54 Å². The molecule has 2 nitrogen and oxygen atoms in total. The molecular formula is C5H15N2P. The minimum atomic E-state index is 0.597. The second-order valence-corrected chi connectivity index (χ2v) is 3.17. The summed E-state index contributed by atoms with van der Waals surface area (Å²) < 4.78 is 0. The fourth-order valence-corrected chi connectivity index (χ4v) is 0.508. The van der Waals surface area contributed by atoms with E-state index in [1.54, 1.807) is 0 Å². The van der Waals surface area contributed by atoms with Gasteiger partial charge in [0.15, 0.2) is 0 Å². The fraction of sp³-hybridized carbons (Fsp3) is 1.00. The lowest BCUT2D eigenvalue weighted by Crippen LogP contribution is -2.31. The van der Waals surface area contributed by atoms with Gasteiger partial charge in [-0.15, -0.1) is 9.24 Å². The van der Waals surface area contributed by atoms with Gasteiger partial charge >= 0.3 is 0 Å². The first-order valence-corrected chi connectivity index (χ1v) is 3.54. The molecule has 0 aliphatic rings. The zero-order valence-electron chi connectivity index (χ0n) is 5.52. The molecule has 0 rings (SSSR count). The molecule has 3 heteroatoms. The molecule has 8 heavy (non-hydrogen) atoms. The molecular weight excluding hydrogens is 119 g/mol. The largest absolute Gasteiger partial charge is 0.271 e. The molecule has 0 fully saturated rings. The summed E-state index contributed by atoms with van der Waals surface area (Å²) >= 11 is 0. The van der Waals surface area contributed by atoms with Crippen LogP contribution in [0.3, 0.4) is 0 Å². The van der Waals surface area contributed by atoms with E-state index >= 15 is 0 Å².